The van der Waals surface area contributed by atoms with Crippen LogP contribution in [0.2, 0.25) is 15.1 Å². The first-order valence-corrected chi connectivity index (χ1v) is 8.40. The van der Waals surface area contributed by atoms with E-state index in [0.29, 0.717) is 25.0 Å². The number of halogens is 6. The van der Waals surface area contributed by atoms with E-state index in [1.54, 1.807) is 18.2 Å². The minimum absolute atomic E-state index is 0.189. The molecule has 0 aliphatic heterocycles. The van der Waals surface area contributed by atoms with Gasteiger partial charge in [0, 0.05) is 4.90 Å². The van der Waals surface area contributed by atoms with Gasteiger partial charge in [-0.2, -0.15) is 0 Å². The molecule has 0 saturated heterocycles. The number of hydrogen-bond acceptors (Lipinski definition) is 2. The molecule has 0 unspecified atom stereocenters. The van der Waals surface area contributed by atoms with Gasteiger partial charge in [-0.3, -0.25) is 4.79 Å². The minimum Gasteiger partial charge on any atom is -0.347 e. The third-order valence-electron chi connectivity index (χ3n) is 2.36. The fraction of sp³-hybridized carbons (Fsp3) is 0.0833. The van der Waals surface area contributed by atoms with Gasteiger partial charge in [0.1, 0.15) is 0 Å². The number of aromatic amines is 1. The van der Waals surface area contributed by atoms with Crippen molar-refractivity contribution in [2.75, 3.05) is 0 Å². The predicted octanol–water partition coefficient (Wildman–Crippen LogP) is 6.68. The number of ketones is 1. The van der Waals surface area contributed by atoms with E-state index in [2.05, 4.69) is 4.98 Å². The van der Waals surface area contributed by atoms with E-state index in [-0.39, 0.29) is 5.69 Å². The number of nitrogens with one attached hydrogen (secondary N) is 1. The van der Waals surface area contributed by atoms with E-state index in [1.165, 1.54) is 17.8 Å². The molecule has 0 spiro atoms. The van der Waals surface area contributed by atoms with Gasteiger partial charge in [-0.05, 0) is 24.3 Å². The molecule has 9 heteroatoms. The molecular weight excluding hydrogens is 419 g/mol. The Morgan fingerprint density at radius 2 is 1.62 bits per heavy atom. The maximum Gasteiger partial charge on any atom is 0.254 e. The molecule has 1 aromatic carbocycles. The van der Waals surface area contributed by atoms with Crippen LogP contribution < -0.4 is 0 Å². The van der Waals surface area contributed by atoms with Crippen molar-refractivity contribution in [1.29, 1.82) is 0 Å². The van der Waals surface area contributed by atoms with E-state index < -0.39 is 9.58 Å². The van der Waals surface area contributed by atoms with Crippen molar-refractivity contribution < 1.29 is 4.79 Å². The normalized spacial score (nSPS) is 11.7. The molecule has 2 nitrogen and oxygen atoms in total. The highest BCUT2D eigenvalue weighted by Crippen LogP contribution is 2.38. The molecular formula is C12H5Cl6NOS. The summed E-state index contributed by atoms with van der Waals surface area (Å²) in [7, 11) is 0. The van der Waals surface area contributed by atoms with Gasteiger partial charge in [-0.25, -0.2) is 0 Å². The lowest BCUT2D eigenvalue weighted by atomic mass is 10.3. The van der Waals surface area contributed by atoms with Gasteiger partial charge < -0.3 is 4.98 Å². The minimum atomic E-state index is -2.01. The molecule has 112 valence electrons. The first-order valence-electron chi connectivity index (χ1n) is 5.31. The summed E-state index contributed by atoms with van der Waals surface area (Å²) < 4.78 is -2.01. The Labute approximate surface area is 155 Å². The van der Waals surface area contributed by atoms with Crippen LogP contribution in [-0.4, -0.2) is 14.6 Å². The largest absolute Gasteiger partial charge is 0.347 e. The Bertz CT molecular complexity index is 694. The first kappa shape index (κ1) is 17.6. The lowest BCUT2D eigenvalue weighted by Gasteiger charge is -2.07. The zero-order valence-electron chi connectivity index (χ0n) is 9.89. The fourth-order valence-corrected chi connectivity index (χ4v) is 3.32. The van der Waals surface area contributed by atoms with E-state index in [1.807, 2.05) is 0 Å². The molecule has 0 aliphatic carbocycles. The van der Waals surface area contributed by atoms with Gasteiger partial charge in [0.2, 0.25) is 5.78 Å². The molecule has 21 heavy (non-hydrogen) atoms. The number of hydrogen-bond donors (Lipinski definition) is 1. The molecule has 1 heterocycles. The van der Waals surface area contributed by atoms with Crippen molar-refractivity contribution in [3.8, 4) is 0 Å². The summed E-state index contributed by atoms with van der Waals surface area (Å²) in [6.07, 6.45) is 0. The topological polar surface area (TPSA) is 32.9 Å². The molecule has 0 bridgehead atoms. The Kier molecular flexibility index (Phi) is 5.70. The van der Waals surface area contributed by atoms with Gasteiger partial charge in [0.05, 0.1) is 25.8 Å². The van der Waals surface area contributed by atoms with Crippen molar-refractivity contribution in [3.05, 3.63) is 45.0 Å². The van der Waals surface area contributed by atoms with Crippen LogP contribution in [0.5, 0.6) is 0 Å². The van der Waals surface area contributed by atoms with Crippen LogP contribution in [0.4, 0.5) is 0 Å². The summed E-state index contributed by atoms with van der Waals surface area (Å²) in [5.41, 5.74) is 0.189. The Morgan fingerprint density at radius 1 is 1.00 bits per heavy atom. The van der Waals surface area contributed by atoms with Gasteiger partial charge >= 0.3 is 0 Å². The summed E-state index contributed by atoms with van der Waals surface area (Å²) in [5.74, 6) is -0.639. The van der Waals surface area contributed by atoms with Crippen LogP contribution in [-0.2, 0) is 0 Å². The van der Waals surface area contributed by atoms with Crippen molar-refractivity contribution in [2.24, 2.45) is 0 Å². The SMILES string of the molecule is O=C(c1ccc(Sc2cc(Cl)c(Cl)cc2Cl)[nH]1)C(Cl)(Cl)Cl. The molecule has 2 aromatic rings. The van der Waals surface area contributed by atoms with Crippen LogP contribution in [0.15, 0.2) is 34.2 Å². The second kappa shape index (κ2) is 6.79. The quantitative estimate of drug-likeness (QED) is 0.339. The molecule has 1 aromatic heterocycles. The molecule has 0 amide bonds. The highest BCUT2D eigenvalue weighted by atomic mass is 35.6. The molecule has 0 atom stereocenters. The Hall–Kier alpha value is 0.260. The number of carbonyl (C=O) groups excluding carboxylic acids is 1. The highest BCUT2D eigenvalue weighted by Gasteiger charge is 2.32. The number of Topliss-reactive ketones (excluding diaryl/α,β-unsaturated/α-hetero) is 1. The maximum atomic E-state index is 11.8. The highest BCUT2D eigenvalue weighted by molar-refractivity contribution is 7.99. The molecule has 1 N–H and O–H groups in total. The number of aromatic nitrogens is 1. The number of carbonyl (C=O) groups is 1. The number of benzene rings is 1. The molecule has 0 saturated carbocycles. The van der Waals surface area contributed by atoms with Crippen LogP contribution in [0.1, 0.15) is 10.5 Å². The number of rotatable bonds is 3. The third kappa shape index (κ3) is 4.38. The smallest absolute Gasteiger partial charge is 0.254 e. The summed E-state index contributed by atoms with van der Waals surface area (Å²) in [6, 6.07) is 6.38. The van der Waals surface area contributed by atoms with E-state index in [4.69, 9.17) is 69.6 Å². The average Bonchev–Trinajstić information content (AvgIpc) is 2.82. The standard InChI is InChI=1S/C12H5Cl6NOS/c13-5-3-7(15)9(4-6(5)14)21-10-2-1-8(19-10)11(20)12(16,17)18/h1-4,19H. The Morgan fingerprint density at radius 3 is 2.24 bits per heavy atom. The van der Waals surface area contributed by atoms with Gasteiger partial charge in [-0.15, -0.1) is 0 Å². The summed E-state index contributed by atoms with van der Waals surface area (Å²) in [4.78, 5) is 15.3. The van der Waals surface area contributed by atoms with Gasteiger partial charge in [0.15, 0.2) is 0 Å². The zero-order chi connectivity index (χ0) is 15.8. The van der Waals surface area contributed by atoms with Crippen molar-refractivity contribution in [1.82, 2.24) is 4.98 Å². The number of alkyl halides is 3. The predicted molar refractivity (Wildman–Crippen MR) is 91.0 cm³/mol. The average molecular weight is 424 g/mol. The second-order valence-electron chi connectivity index (χ2n) is 3.86. The van der Waals surface area contributed by atoms with Crippen LogP contribution >= 0.6 is 81.4 Å². The van der Waals surface area contributed by atoms with Crippen molar-refractivity contribution in [3.63, 3.8) is 0 Å². The lowest BCUT2D eigenvalue weighted by molar-refractivity contribution is 0.0992. The molecule has 0 fully saturated rings. The van der Waals surface area contributed by atoms with E-state index in [0.717, 1.165) is 0 Å². The van der Waals surface area contributed by atoms with Crippen LogP contribution in [0, 0.1) is 0 Å². The summed E-state index contributed by atoms with van der Waals surface area (Å²) in [5, 5.41) is 1.84. The first-order chi connectivity index (χ1) is 9.68. The summed E-state index contributed by atoms with van der Waals surface area (Å²) in [6.45, 7) is 0. The molecule has 0 radical (unpaired) electrons. The Balaban J connectivity index is 2.24. The molecule has 0 aliphatic rings. The van der Waals surface area contributed by atoms with Crippen molar-refractivity contribution >= 4 is 87.2 Å². The van der Waals surface area contributed by atoms with Crippen molar-refractivity contribution in [2.45, 2.75) is 13.7 Å². The van der Waals surface area contributed by atoms with Crippen LogP contribution in [0.25, 0.3) is 0 Å². The zero-order valence-corrected chi connectivity index (χ0v) is 15.2. The van der Waals surface area contributed by atoms with Crippen LogP contribution in [0.3, 0.4) is 0 Å². The second-order valence-corrected chi connectivity index (χ2v) is 8.45. The van der Waals surface area contributed by atoms with Gasteiger partial charge in [0.25, 0.3) is 3.79 Å². The maximum absolute atomic E-state index is 11.8. The summed E-state index contributed by atoms with van der Waals surface area (Å²) >= 11 is 35.8. The lowest BCUT2D eigenvalue weighted by Crippen LogP contribution is -2.19. The fourth-order valence-electron chi connectivity index (χ4n) is 1.42. The molecule has 2 rings (SSSR count). The van der Waals surface area contributed by atoms with E-state index in [9.17, 15) is 4.79 Å². The van der Waals surface area contributed by atoms with Gasteiger partial charge in [-0.1, -0.05) is 81.4 Å². The monoisotopic (exact) mass is 421 g/mol. The third-order valence-corrected chi connectivity index (χ3v) is 5.03. The number of H-pyrrole nitrogens is 1. The van der Waals surface area contributed by atoms with E-state index >= 15 is 0 Å².